The molecule has 1 aromatic rings. The second-order valence-corrected chi connectivity index (χ2v) is 3.87. The highest BCUT2D eigenvalue weighted by Crippen LogP contribution is 2.30. The van der Waals surface area contributed by atoms with E-state index in [2.05, 4.69) is 0 Å². The molecular weight excluding hydrogens is 216 g/mol. The Kier molecular flexibility index (Phi) is 3.40. The molecule has 0 aromatic heterocycles. The molecule has 0 fully saturated rings. The summed E-state index contributed by atoms with van der Waals surface area (Å²) in [6.45, 7) is 0. The Bertz CT molecular complexity index is 460. The Morgan fingerprint density at radius 1 is 1.24 bits per heavy atom. The summed E-state index contributed by atoms with van der Waals surface area (Å²) in [5.74, 6) is -0.156. The van der Waals surface area contributed by atoms with Crippen LogP contribution < -0.4 is 0 Å². The number of carbonyl (C=O) groups is 1. The summed E-state index contributed by atoms with van der Waals surface area (Å²) in [4.78, 5) is 11.6. The molecule has 2 rings (SSSR count). The normalized spacial score (nSPS) is 24.1. The Hall–Kier alpha value is -1.87. The van der Waals surface area contributed by atoms with Crippen molar-refractivity contribution in [1.82, 2.24) is 0 Å². The molecule has 1 N–H and O–H groups in total. The summed E-state index contributed by atoms with van der Waals surface area (Å²) in [6.07, 6.45) is 3.59. The molecule has 17 heavy (non-hydrogen) atoms. The molecule has 0 saturated heterocycles. The summed E-state index contributed by atoms with van der Waals surface area (Å²) in [7, 11) is 1.54. The fourth-order valence-electron chi connectivity index (χ4n) is 1.96. The smallest absolute Gasteiger partial charge is 0.185 e. The zero-order valence-corrected chi connectivity index (χ0v) is 9.54. The quantitative estimate of drug-likeness (QED) is 0.842. The van der Waals surface area contributed by atoms with Gasteiger partial charge >= 0.3 is 0 Å². The fraction of sp³-hybridized carbons (Fsp3) is 0.214. The van der Waals surface area contributed by atoms with Gasteiger partial charge in [0.05, 0.1) is 13.0 Å². The molecule has 0 saturated carbocycles. The molecule has 1 aromatic carbocycles. The van der Waals surface area contributed by atoms with Gasteiger partial charge in [0.2, 0.25) is 0 Å². The number of aliphatic hydroxyl groups excluding tert-OH is 1. The highest BCUT2D eigenvalue weighted by atomic mass is 16.5. The summed E-state index contributed by atoms with van der Waals surface area (Å²) >= 11 is 0. The minimum atomic E-state index is -1.10. The van der Waals surface area contributed by atoms with Crippen molar-refractivity contribution in [2.75, 3.05) is 7.11 Å². The minimum Gasteiger partial charge on any atom is -0.500 e. The van der Waals surface area contributed by atoms with Crippen LogP contribution in [0.15, 0.2) is 54.3 Å². The number of carbonyl (C=O) groups excluding carboxylic acids is 1. The van der Waals surface area contributed by atoms with E-state index in [4.69, 9.17) is 4.74 Å². The number of hydrogen-bond donors (Lipinski definition) is 1. The lowest BCUT2D eigenvalue weighted by Gasteiger charge is -2.22. The third kappa shape index (κ3) is 2.29. The molecule has 0 heterocycles. The first-order valence-electron chi connectivity index (χ1n) is 5.43. The van der Waals surface area contributed by atoms with Gasteiger partial charge in [-0.25, -0.2) is 0 Å². The van der Waals surface area contributed by atoms with Crippen molar-refractivity contribution in [1.29, 1.82) is 0 Å². The lowest BCUT2D eigenvalue weighted by Crippen LogP contribution is -2.27. The van der Waals surface area contributed by atoms with E-state index in [9.17, 15) is 9.90 Å². The Morgan fingerprint density at radius 3 is 2.59 bits per heavy atom. The van der Waals surface area contributed by atoms with Crippen LogP contribution in [-0.4, -0.2) is 24.1 Å². The van der Waals surface area contributed by atoms with E-state index in [0.29, 0.717) is 5.76 Å². The second kappa shape index (κ2) is 4.97. The van der Waals surface area contributed by atoms with Crippen LogP contribution in [0.4, 0.5) is 0 Å². The number of methoxy groups -OCH3 is 1. The molecule has 0 aliphatic heterocycles. The second-order valence-electron chi connectivity index (χ2n) is 3.87. The van der Waals surface area contributed by atoms with Gasteiger partial charge in [-0.15, -0.1) is 0 Å². The standard InChI is InChI=1S/C14H14O3/c1-17-12-9-5-8-11(15)14(16)13(12)10-6-3-2-4-7-10/h2-9,13-14,16H,1H3. The van der Waals surface area contributed by atoms with Crippen LogP contribution >= 0.6 is 0 Å². The predicted octanol–water partition coefficient (Wildman–Crippen LogP) is 1.80. The van der Waals surface area contributed by atoms with Crippen LogP contribution in [0.2, 0.25) is 0 Å². The third-order valence-electron chi connectivity index (χ3n) is 2.83. The third-order valence-corrected chi connectivity index (χ3v) is 2.83. The highest BCUT2D eigenvalue weighted by Gasteiger charge is 2.31. The van der Waals surface area contributed by atoms with E-state index in [-0.39, 0.29) is 5.78 Å². The van der Waals surface area contributed by atoms with Crippen LogP contribution in [0.1, 0.15) is 11.5 Å². The lowest BCUT2D eigenvalue weighted by molar-refractivity contribution is -0.123. The Balaban J connectivity index is 2.44. The minimum absolute atomic E-state index is 0.304. The number of ketones is 1. The first-order chi connectivity index (χ1) is 8.24. The molecule has 1 aliphatic rings. The zero-order chi connectivity index (χ0) is 12.3. The number of hydrogen-bond acceptors (Lipinski definition) is 3. The van der Waals surface area contributed by atoms with Gasteiger partial charge in [0.25, 0.3) is 0 Å². The fourth-order valence-corrected chi connectivity index (χ4v) is 1.96. The van der Waals surface area contributed by atoms with E-state index >= 15 is 0 Å². The van der Waals surface area contributed by atoms with Crippen LogP contribution in [0, 0.1) is 0 Å². The molecule has 3 nitrogen and oxygen atoms in total. The number of benzene rings is 1. The van der Waals surface area contributed by atoms with Crippen LogP contribution in [-0.2, 0) is 9.53 Å². The molecule has 3 heteroatoms. The van der Waals surface area contributed by atoms with Crippen molar-refractivity contribution in [3.63, 3.8) is 0 Å². The average Bonchev–Trinajstić information content (AvgIpc) is 2.51. The van der Waals surface area contributed by atoms with Gasteiger partial charge in [0.15, 0.2) is 5.78 Å². The lowest BCUT2D eigenvalue weighted by atomic mass is 9.90. The SMILES string of the molecule is COC1=CC=CC(=O)C(O)C1c1ccccc1. The number of allylic oxidation sites excluding steroid dienone is 2. The van der Waals surface area contributed by atoms with E-state index in [1.807, 2.05) is 30.3 Å². The molecule has 88 valence electrons. The van der Waals surface area contributed by atoms with Gasteiger partial charge in [-0.05, 0) is 17.7 Å². The molecule has 0 spiro atoms. The van der Waals surface area contributed by atoms with E-state index in [1.165, 1.54) is 13.2 Å². The van der Waals surface area contributed by atoms with Crippen molar-refractivity contribution in [3.05, 3.63) is 59.9 Å². The Labute approximate surface area is 100 Å². The van der Waals surface area contributed by atoms with Gasteiger partial charge in [-0.1, -0.05) is 36.4 Å². The predicted molar refractivity (Wildman–Crippen MR) is 64.4 cm³/mol. The Morgan fingerprint density at radius 2 is 1.94 bits per heavy atom. The van der Waals surface area contributed by atoms with Crippen molar-refractivity contribution in [2.24, 2.45) is 0 Å². The first kappa shape index (κ1) is 11.6. The number of aliphatic hydroxyl groups is 1. The van der Waals surface area contributed by atoms with Crippen molar-refractivity contribution in [2.45, 2.75) is 12.0 Å². The van der Waals surface area contributed by atoms with Crippen LogP contribution in [0.5, 0.6) is 0 Å². The van der Waals surface area contributed by atoms with Crippen LogP contribution in [0.25, 0.3) is 0 Å². The monoisotopic (exact) mass is 230 g/mol. The highest BCUT2D eigenvalue weighted by molar-refractivity contribution is 5.95. The summed E-state index contributed by atoms with van der Waals surface area (Å²) in [5.41, 5.74) is 0.866. The van der Waals surface area contributed by atoms with Crippen molar-refractivity contribution in [3.8, 4) is 0 Å². The average molecular weight is 230 g/mol. The van der Waals surface area contributed by atoms with E-state index in [1.54, 1.807) is 12.2 Å². The van der Waals surface area contributed by atoms with Crippen LogP contribution in [0.3, 0.4) is 0 Å². The molecule has 0 bridgehead atoms. The summed E-state index contributed by atoms with van der Waals surface area (Å²) in [5, 5.41) is 10.1. The molecule has 1 aliphatic carbocycles. The maximum absolute atomic E-state index is 11.6. The maximum atomic E-state index is 11.6. The molecule has 2 unspecified atom stereocenters. The maximum Gasteiger partial charge on any atom is 0.185 e. The van der Waals surface area contributed by atoms with E-state index < -0.39 is 12.0 Å². The topological polar surface area (TPSA) is 46.5 Å². The van der Waals surface area contributed by atoms with Crippen molar-refractivity contribution >= 4 is 5.78 Å². The van der Waals surface area contributed by atoms with Crippen molar-refractivity contribution < 1.29 is 14.6 Å². The molecule has 0 amide bonds. The molecular formula is C14H14O3. The number of rotatable bonds is 2. The summed E-state index contributed by atoms with van der Waals surface area (Å²) in [6, 6.07) is 9.39. The largest absolute Gasteiger partial charge is 0.500 e. The van der Waals surface area contributed by atoms with Gasteiger partial charge in [0, 0.05) is 0 Å². The molecule has 2 atom stereocenters. The van der Waals surface area contributed by atoms with Gasteiger partial charge in [-0.3, -0.25) is 4.79 Å². The van der Waals surface area contributed by atoms with Gasteiger partial charge < -0.3 is 9.84 Å². The van der Waals surface area contributed by atoms with Gasteiger partial charge in [-0.2, -0.15) is 0 Å². The number of ether oxygens (including phenoxy) is 1. The van der Waals surface area contributed by atoms with E-state index in [0.717, 1.165) is 5.56 Å². The summed E-state index contributed by atoms with van der Waals surface area (Å²) < 4.78 is 5.25. The zero-order valence-electron chi connectivity index (χ0n) is 9.54. The first-order valence-corrected chi connectivity index (χ1v) is 5.43. The molecule has 0 radical (unpaired) electrons. The van der Waals surface area contributed by atoms with Gasteiger partial charge in [0.1, 0.15) is 11.9 Å².